The lowest BCUT2D eigenvalue weighted by atomic mass is 10.1. The van der Waals surface area contributed by atoms with Crippen molar-refractivity contribution < 1.29 is 13.9 Å². The number of methoxy groups -OCH3 is 1. The summed E-state index contributed by atoms with van der Waals surface area (Å²) in [7, 11) is 1.54. The molecule has 3 nitrogen and oxygen atoms in total. The number of halogens is 1. The van der Waals surface area contributed by atoms with Crippen molar-refractivity contribution in [3.8, 4) is 5.75 Å². The lowest BCUT2D eigenvalue weighted by molar-refractivity contribution is 0.107. The summed E-state index contributed by atoms with van der Waals surface area (Å²) in [5.74, 6) is 0.872. The normalized spacial score (nSPS) is 12.7. The van der Waals surface area contributed by atoms with Crippen molar-refractivity contribution in [2.24, 2.45) is 5.92 Å². The molecule has 0 fully saturated rings. The molecule has 1 unspecified atom stereocenters. The van der Waals surface area contributed by atoms with E-state index in [-0.39, 0.29) is 11.9 Å². The van der Waals surface area contributed by atoms with Gasteiger partial charge < -0.3 is 14.8 Å². The van der Waals surface area contributed by atoms with Gasteiger partial charge in [0.15, 0.2) is 0 Å². The van der Waals surface area contributed by atoms with Crippen molar-refractivity contribution >= 4 is 0 Å². The molecule has 0 aliphatic carbocycles. The monoisotopic (exact) mass is 283 g/mol. The minimum Gasteiger partial charge on any atom is -0.497 e. The Balaban J connectivity index is 2.30. The molecule has 1 aromatic carbocycles. The molecule has 0 heterocycles. The summed E-state index contributed by atoms with van der Waals surface area (Å²) in [5, 5.41) is 3.30. The van der Waals surface area contributed by atoms with Gasteiger partial charge in [0, 0.05) is 30.9 Å². The molecule has 1 N–H and O–H groups in total. The van der Waals surface area contributed by atoms with E-state index >= 15 is 0 Å². The van der Waals surface area contributed by atoms with E-state index in [2.05, 4.69) is 19.2 Å². The summed E-state index contributed by atoms with van der Waals surface area (Å²) >= 11 is 0. The van der Waals surface area contributed by atoms with Crippen LogP contribution in [0.4, 0.5) is 4.39 Å². The molecule has 1 rings (SSSR count). The van der Waals surface area contributed by atoms with E-state index in [0.717, 1.165) is 26.2 Å². The smallest absolute Gasteiger partial charge is 0.131 e. The van der Waals surface area contributed by atoms with Crippen LogP contribution in [0.1, 0.15) is 38.8 Å². The van der Waals surface area contributed by atoms with Gasteiger partial charge in [0.2, 0.25) is 0 Å². The summed E-state index contributed by atoms with van der Waals surface area (Å²) in [4.78, 5) is 0. The average Bonchev–Trinajstić information content (AvgIpc) is 2.41. The maximum Gasteiger partial charge on any atom is 0.131 e. The van der Waals surface area contributed by atoms with Crippen molar-refractivity contribution in [2.45, 2.75) is 33.2 Å². The topological polar surface area (TPSA) is 30.5 Å². The van der Waals surface area contributed by atoms with E-state index < -0.39 is 0 Å². The van der Waals surface area contributed by atoms with Gasteiger partial charge in [-0.15, -0.1) is 0 Å². The molecule has 0 amide bonds. The van der Waals surface area contributed by atoms with Gasteiger partial charge in [-0.05, 0) is 31.9 Å². The Hall–Kier alpha value is -1.13. The van der Waals surface area contributed by atoms with Gasteiger partial charge in [0.1, 0.15) is 11.6 Å². The molecule has 0 saturated heterocycles. The van der Waals surface area contributed by atoms with E-state index in [1.807, 2.05) is 6.92 Å². The molecular weight excluding hydrogens is 257 g/mol. The minimum atomic E-state index is -0.236. The van der Waals surface area contributed by atoms with Crippen molar-refractivity contribution in [1.82, 2.24) is 5.32 Å². The lowest BCUT2D eigenvalue weighted by Crippen LogP contribution is -2.22. The fourth-order valence-electron chi connectivity index (χ4n) is 1.91. The largest absolute Gasteiger partial charge is 0.497 e. The van der Waals surface area contributed by atoms with Gasteiger partial charge in [-0.25, -0.2) is 4.39 Å². The number of ether oxygens (including phenoxy) is 2. The van der Waals surface area contributed by atoms with Crippen LogP contribution in [-0.4, -0.2) is 26.9 Å². The third kappa shape index (κ3) is 5.88. The van der Waals surface area contributed by atoms with Crippen LogP contribution in [-0.2, 0) is 4.74 Å². The molecule has 0 aromatic heterocycles. The van der Waals surface area contributed by atoms with Crippen molar-refractivity contribution in [3.63, 3.8) is 0 Å². The first-order chi connectivity index (χ1) is 9.54. The Kier molecular flexibility index (Phi) is 7.55. The first-order valence-corrected chi connectivity index (χ1v) is 7.19. The van der Waals surface area contributed by atoms with E-state index in [0.29, 0.717) is 17.2 Å². The molecule has 4 heteroatoms. The van der Waals surface area contributed by atoms with Crippen LogP contribution in [0.15, 0.2) is 18.2 Å². The molecule has 0 bridgehead atoms. The quantitative estimate of drug-likeness (QED) is 0.703. The minimum absolute atomic E-state index is 0.0222. The summed E-state index contributed by atoms with van der Waals surface area (Å²) in [6.45, 7) is 8.57. The molecule has 114 valence electrons. The van der Waals surface area contributed by atoms with Crippen molar-refractivity contribution in [2.75, 3.05) is 26.9 Å². The van der Waals surface area contributed by atoms with E-state index in [9.17, 15) is 4.39 Å². The Morgan fingerprint density at radius 3 is 2.60 bits per heavy atom. The fraction of sp³-hybridized carbons (Fsp3) is 0.625. The van der Waals surface area contributed by atoms with Gasteiger partial charge in [-0.2, -0.15) is 0 Å². The van der Waals surface area contributed by atoms with Gasteiger partial charge in [0.25, 0.3) is 0 Å². The highest BCUT2D eigenvalue weighted by Crippen LogP contribution is 2.21. The number of hydrogen-bond acceptors (Lipinski definition) is 3. The molecule has 20 heavy (non-hydrogen) atoms. The van der Waals surface area contributed by atoms with E-state index in [1.54, 1.807) is 12.1 Å². The van der Waals surface area contributed by atoms with Crippen LogP contribution < -0.4 is 10.1 Å². The maximum absolute atomic E-state index is 13.9. The highest BCUT2D eigenvalue weighted by molar-refractivity contribution is 5.30. The predicted molar refractivity (Wildman–Crippen MR) is 79.6 cm³/mol. The molecule has 0 aliphatic rings. The predicted octanol–water partition coefficient (Wildman–Crippen LogP) is 3.55. The number of rotatable bonds is 9. The second kappa shape index (κ2) is 8.93. The van der Waals surface area contributed by atoms with Crippen LogP contribution >= 0.6 is 0 Å². The van der Waals surface area contributed by atoms with Crippen molar-refractivity contribution in [1.29, 1.82) is 0 Å². The molecule has 0 aliphatic heterocycles. The second-order valence-electron chi connectivity index (χ2n) is 5.39. The maximum atomic E-state index is 13.9. The van der Waals surface area contributed by atoms with Crippen LogP contribution in [0.25, 0.3) is 0 Å². The van der Waals surface area contributed by atoms with Crippen molar-refractivity contribution in [3.05, 3.63) is 29.6 Å². The molecular formula is C16H26FNO2. The summed E-state index contributed by atoms with van der Waals surface area (Å²) in [6.07, 6.45) is 0.925. The third-order valence-corrected chi connectivity index (χ3v) is 3.04. The number of benzene rings is 1. The summed E-state index contributed by atoms with van der Waals surface area (Å²) in [6, 6.07) is 4.94. The molecule has 0 spiro atoms. The Morgan fingerprint density at radius 2 is 2.00 bits per heavy atom. The SMILES string of the molecule is COc1ccc(C(C)NCCCOCC(C)C)c(F)c1. The highest BCUT2D eigenvalue weighted by atomic mass is 19.1. The van der Waals surface area contributed by atoms with Crippen LogP contribution in [0.5, 0.6) is 5.75 Å². The zero-order valence-electron chi connectivity index (χ0n) is 12.9. The summed E-state index contributed by atoms with van der Waals surface area (Å²) in [5.41, 5.74) is 0.661. The highest BCUT2D eigenvalue weighted by Gasteiger charge is 2.10. The Morgan fingerprint density at radius 1 is 1.25 bits per heavy atom. The molecule has 1 aromatic rings. The molecule has 1 atom stereocenters. The second-order valence-corrected chi connectivity index (χ2v) is 5.39. The average molecular weight is 283 g/mol. The zero-order chi connectivity index (χ0) is 15.0. The first kappa shape index (κ1) is 16.9. The number of hydrogen-bond donors (Lipinski definition) is 1. The third-order valence-electron chi connectivity index (χ3n) is 3.04. The zero-order valence-corrected chi connectivity index (χ0v) is 12.9. The fourth-order valence-corrected chi connectivity index (χ4v) is 1.91. The van der Waals surface area contributed by atoms with Gasteiger partial charge in [-0.3, -0.25) is 0 Å². The lowest BCUT2D eigenvalue weighted by Gasteiger charge is -2.16. The van der Waals surface area contributed by atoms with Gasteiger partial charge in [-0.1, -0.05) is 19.9 Å². The molecule has 0 radical (unpaired) electrons. The summed E-state index contributed by atoms with van der Waals surface area (Å²) < 4.78 is 24.4. The van der Waals surface area contributed by atoms with E-state index in [4.69, 9.17) is 9.47 Å². The first-order valence-electron chi connectivity index (χ1n) is 7.19. The van der Waals surface area contributed by atoms with Crippen LogP contribution in [0, 0.1) is 11.7 Å². The van der Waals surface area contributed by atoms with Crippen LogP contribution in [0.3, 0.4) is 0 Å². The molecule has 0 saturated carbocycles. The van der Waals surface area contributed by atoms with Gasteiger partial charge in [0.05, 0.1) is 7.11 Å². The number of nitrogens with one attached hydrogen (secondary N) is 1. The Bertz CT molecular complexity index is 396. The standard InChI is InChI=1S/C16H26FNO2/c1-12(2)11-20-9-5-8-18-13(3)15-7-6-14(19-4)10-16(15)17/h6-7,10,12-13,18H,5,8-9,11H2,1-4H3. The van der Waals surface area contributed by atoms with E-state index in [1.165, 1.54) is 13.2 Å². The van der Waals surface area contributed by atoms with Crippen LogP contribution in [0.2, 0.25) is 0 Å². The Labute approximate surface area is 121 Å². The van der Waals surface area contributed by atoms with Gasteiger partial charge >= 0.3 is 0 Å².